The summed E-state index contributed by atoms with van der Waals surface area (Å²) in [5.41, 5.74) is 1.33. The molecule has 1 rings (SSSR count). The van der Waals surface area contributed by atoms with Crippen molar-refractivity contribution >= 4 is 0 Å². The first kappa shape index (κ1) is 9.57. The third kappa shape index (κ3) is 1.48. The van der Waals surface area contributed by atoms with Gasteiger partial charge in [-0.1, -0.05) is 44.6 Å². The molecule has 0 saturated carbocycles. The van der Waals surface area contributed by atoms with Crippen LogP contribution in [0, 0.1) is 18.3 Å². The molecule has 0 aromatic heterocycles. The van der Waals surface area contributed by atoms with Crippen LogP contribution >= 0.6 is 0 Å². The molecule has 0 aliphatic heterocycles. The van der Waals surface area contributed by atoms with E-state index >= 15 is 0 Å². The van der Waals surface area contributed by atoms with Crippen LogP contribution in [-0.2, 0) is 0 Å². The molecule has 0 heteroatoms. The second-order valence-electron chi connectivity index (χ2n) is 3.85. The van der Waals surface area contributed by atoms with Gasteiger partial charge in [-0.15, -0.1) is 0 Å². The molecule has 0 bridgehead atoms. The van der Waals surface area contributed by atoms with E-state index in [4.69, 9.17) is 6.92 Å². The topological polar surface area (TPSA) is 0 Å². The molecule has 0 aromatic rings. The maximum absolute atomic E-state index is 5.95. The Morgan fingerprint density at radius 2 is 2.17 bits per heavy atom. The number of hydrogen-bond donors (Lipinski definition) is 0. The van der Waals surface area contributed by atoms with Crippen LogP contribution in [0.1, 0.15) is 33.6 Å². The van der Waals surface area contributed by atoms with E-state index in [1.54, 1.807) is 0 Å². The molecule has 1 aliphatic rings. The second kappa shape index (κ2) is 3.47. The molecule has 2 radical (unpaired) electrons. The summed E-state index contributed by atoms with van der Waals surface area (Å²) in [6.45, 7) is 12.7. The molecule has 1 aliphatic carbocycles. The van der Waals surface area contributed by atoms with Gasteiger partial charge < -0.3 is 0 Å². The molecule has 0 fully saturated rings. The average Bonchev–Trinajstić information content (AvgIpc) is 2.05. The van der Waals surface area contributed by atoms with E-state index in [1.165, 1.54) is 0 Å². The molecule has 2 atom stereocenters. The van der Waals surface area contributed by atoms with Crippen molar-refractivity contribution in [1.29, 1.82) is 0 Å². The molecular formula is C12H18. The second-order valence-corrected chi connectivity index (χ2v) is 3.85. The Morgan fingerprint density at radius 3 is 2.58 bits per heavy atom. The predicted octanol–water partition coefficient (Wildman–Crippen LogP) is 3.64. The van der Waals surface area contributed by atoms with Gasteiger partial charge in [0.1, 0.15) is 0 Å². The monoisotopic (exact) mass is 162 g/mol. The highest BCUT2D eigenvalue weighted by Gasteiger charge is 2.31. The van der Waals surface area contributed by atoms with E-state index < -0.39 is 0 Å². The molecule has 0 nitrogen and oxygen atoms in total. The van der Waals surface area contributed by atoms with Crippen LogP contribution in [0.2, 0.25) is 0 Å². The summed E-state index contributed by atoms with van der Waals surface area (Å²) in [5.74, 6) is 0.535. The fraction of sp³-hybridized carbons (Fsp3) is 0.583. The van der Waals surface area contributed by atoms with Crippen molar-refractivity contribution in [2.75, 3.05) is 0 Å². The van der Waals surface area contributed by atoms with Gasteiger partial charge in [0.05, 0.1) is 0 Å². The van der Waals surface area contributed by atoms with E-state index in [-0.39, 0.29) is 5.41 Å². The lowest BCUT2D eigenvalue weighted by Crippen LogP contribution is -2.26. The zero-order chi connectivity index (χ0) is 9.19. The first-order valence-electron chi connectivity index (χ1n) is 4.79. The van der Waals surface area contributed by atoms with Crippen molar-refractivity contribution in [2.24, 2.45) is 11.3 Å². The van der Waals surface area contributed by atoms with E-state index in [1.807, 2.05) is 6.08 Å². The first-order valence-corrected chi connectivity index (χ1v) is 4.79. The van der Waals surface area contributed by atoms with Gasteiger partial charge in [0, 0.05) is 0 Å². The Morgan fingerprint density at radius 1 is 1.50 bits per heavy atom. The summed E-state index contributed by atoms with van der Waals surface area (Å²) in [6.07, 6.45) is 8.71. The molecular weight excluding hydrogens is 144 g/mol. The molecule has 0 N–H and O–H groups in total. The summed E-state index contributed by atoms with van der Waals surface area (Å²) >= 11 is 0. The zero-order valence-corrected chi connectivity index (χ0v) is 8.30. The van der Waals surface area contributed by atoms with Crippen molar-refractivity contribution in [3.63, 3.8) is 0 Å². The Balaban J connectivity index is 2.91. The van der Waals surface area contributed by atoms with E-state index in [0.717, 1.165) is 18.4 Å². The SMILES string of the molecule is [CH]C1=CC=CC(C)(CC)C1CC. The van der Waals surface area contributed by atoms with Gasteiger partial charge >= 0.3 is 0 Å². The molecule has 0 saturated heterocycles. The molecule has 0 spiro atoms. The van der Waals surface area contributed by atoms with E-state index in [0.29, 0.717) is 5.92 Å². The van der Waals surface area contributed by atoms with Gasteiger partial charge in [-0.25, -0.2) is 0 Å². The molecule has 0 amide bonds. The third-order valence-electron chi connectivity index (χ3n) is 3.13. The normalized spacial score (nSPS) is 35.0. The van der Waals surface area contributed by atoms with Gasteiger partial charge in [-0.2, -0.15) is 0 Å². The van der Waals surface area contributed by atoms with Gasteiger partial charge in [0.25, 0.3) is 0 Å². The highest BCUT2D eigenvalue weighted by molar-refractivity contribution is 5.28. The summed E-state index contributed by atoms with van der Waals surface area (Å²) in [7, 11) is 0. The lowest BCUT2D eigenvalue weighted by molar-refractivity contribution is 0.275. The Bertz CT molecular complexity index is 210. The van der Waals surface area contributed by atoms with Crippen LogP contribution in [0.3, 0.4) is 0 Å². The summed E-state index contributed by atoms with van der Waals surface area (Å²) in [4.78, 5) is 0. The Hall–Kier alpha value is -0.520. The van der Waals surface area contributed by atoms with Crippen LogP contribution in [-0.4, -0.2) is 0 Å². The summed E-state index contributed by atoms with van der Waals surface area (Å²) in [6, 6.07) is 0. The minimum Gasteiger partial charge on any atom is -0.0780 e. The average molecular weight is 162 g/mol. The Kier molecular flexibility index (Phi) is 2.76. The number of allylic oxidation sites excluding steroid dienone is 4. The summed E-state index contributed by atoms with van der Waals surface area (Å²) < 4.78 is 0. The van der Waals surface area contributed by atoms with Crippen LogP contribution in [0.4, 0.5) is 0 Å². The number of hydrogen-bond acceptors (Lipinski definition) is 0. The molecule has 66 valence electrons. The molecule has 0 aromatic carbocycles. The van der Waals surface area contributed by atoms with Crippen LogP contribution in [0.15, 0.2) is 23.8 Å². The van der Waals surface area contributed by atoms with Crippen molar-refractivity contribution in [3.8, 4) is 0 Å². The largest absolute Gasteiger partial charge is 0.0780 e. The van der Waals surface area contributed by atoms with Crippen molar-refractivity contribution < 1.29 is 0 Å². The van der Waals surface area contributed by atoms with E-state index in [2.05, 4.69) is 32.9 Å². The fourth-order valence-electron chi connectivity index (χ4n) is 2.06. The first-order chi connectivity index (χ1) is 5.64. The maximum Gasteiger partial charge on any atom is -0.00533 e. The van der Waals surface area contributed by atoms with Crippen molar-refractivity contribution in [3.05, 3.63) is 30.7 Å². The molecule has 0 heterocycles. The van der Waals surface area contributed by atoms with Crippen molar-refractivity contribution in [1.82, 2.24) is 0 Å². The van der Waals surface area contributed by atoms with Crippen LogP contribution < -0.4 is 0 Å². The zero-order valence-electron chi connectivity index (χ0n) is 8.30. The quantitative estimate of drug-likeness (QED) is 0.581. The maximum atomic E-state index is 5.95. The summed E-state index contributed by atoms with van der Waals surface area (Å²) in [5, 5.41) is 0. The van der Waals surface area contributed by atoms with Gasteiger partial charge in [-0.3, -0.25) is 0 Å². The highest BCUT2D eigenvalue weighted by atomic mass is 14.3. The fourth-order valence-corrected chi connectivity index (χ4v) is 2.06. The van der Waals surface area contributed by atoms with Crippen LogP contribution in [0.5, 0.6) is 0 Å². The van der Waals surface area contributed by atoms with Gasteiger partial charge in [0.2, 0.25) is 0 Å². The molecule has 2 unspecified atom stereocenters. The minimum atomic E-state index is 0.285. The highest BCUT2D eigenvalue weighted by Crippen LogP contribution is 2.41. The molecule has 12 heavy (non-hydrogen) atoms. The lowest BCUT2D eigenvalue weighted by Gasteiger charge is -2.36. The van der Waals surface area contributed by atoms with Gasteiger partial charge in [-0.05, 0) is 31.1 Å². The minimum absolute atomic E-state index is 0.285. The predicted molar refractivity (Wildman–Crippen MR) is 53.7 cm³/mol. The van der Waals surface area contributed by atoms with Gasteiger partial charge in [0.15, 0.2) is 0 Å². The lowest BCUT2D eigenvalue weighted by atomic mass is 9.68. The smallest absolute Gasteiger partial charge is 0.00533 e. The Labute approximate surface area is 76.4 Å². The third-order valence-corrected chi connectivity index (χ3v) is 3.13. The van der Waals surface area contributed by atoms with Crippen molar-refractivity contribution in [2.45, 2.75) is 33.6 Å². The van der Waals surface area contributed by atoms with Crippen LogP contribution in [0.25, 0.3) is 0 Å². The number of rotatable bonds is 2. The standard InChI is InChI=1S/C12H18/c1-5-11-10(3)8-7-9-12(11,4)6-2/h3,7-9,11H,5-6H2,1-2,4H3. The van der Waals surface area contributed by atoms with E-state index in [9.17, 15) is 0 Å².